The fourth-order valence-electron chi connectivity index (χ4n) is 5.07. The Labute approximate surface area is 191 Å². The second-order valence-corrected chi connectivity index (χ2v) is 10.5. The number of fused-ring (bicyclic) bond motifs is 1. The van der Waals surface area contributed by atoms with E-state index in [0.717, 1.165) is 48.5 Å². The summed E-state index contributed by atoms with van der Waals surface area (Å²) in [7, 11) is 0. The van der Waals surface area contributed by atoms with Gasteiger partial charge in [-0.05, 0) is 70.3 Å². The number of carbonyl (C=O) groups is 1. The number of carbonyl (C=O) groups excluding carboxylic acids is 1. The van der Waals surface area contributed by atoms with Gasteiger partial charge in [0.2, 0.25) is 0 Å². The van der Waals surface area contributed by atoms with Gasteiger partial charge >= 0.3 is 6.09 Å². The Hall–Kier alpha value is -2.58. The molecule has 0 spiro atoms. The first kappa shape index (κ1) is 21.3. The van der Waals surface area contributed by atoms with Gasteiger partial charge in [0.1, 0.15) is 0 Å². The number of pyridine rings is 1. The molecule has 0 amide bonds. The largest absolute Gasteiger partial charge is 0.437 e. The van der Waals surface area contributed by atoms with E-state index in [4.69, 9.17) is 4.74 Å². The number of thiophene rings is 1. The maximum absolute atomic E-state index is 13.6. The summed E-state index contributed by atoms with van der Waals surface area (Å²) in [6.45, 7) is 8.04. The Kier molecular flexibility index (Phi) is 5.17. The first-order valence-corrected chi connectivity index (χ1v) is 11.8. The molecule has 1 fully saturated rings. The zero-order chi connectivity index (χ0) is 22.5. The van der Waals surface area contributed by atoms with Crippen LogP contribution in [0.2, 0.25) is 0 Å². The summed E-state index contributed by atoms with van der Waals surface area (Å²) in [6, 6.07) is 7.55. The predicted molar refractivity (Wildman–Crippen MR) is 120 cm³/mol. The van der Waals surface area contributed by atoms with Gasteiger partial charge in [-0.3, -0.25) is 9.88 Å². The van der Waals surface area contributed by atoms with Gasteiger partial charge in [0, 0.05) is 46.7 Å². The highest BCUT2D eigenvalue weighted by atomic mass is 32.1. The van der Waals surface area contributed by atoms with E-state index in [1.807, 2.05) is 25.3 Å². The second kappa shape index (κ2) is 7.78. The summed E-state index contributed by atoms with van der Waals surface area (Å²) in [5.41, 5.74) is 1.62. The minimum absolute atomic E-state index is 0.169. The lowest BCUT2D eigenvalue weighted by molar-refractivity contribution is 0.00977. The SMILES string of the molecule is Cc1ccc(C(C)(C)N2CC[C@@](CCc3ccc(F)s3)(C3OC(=O)n4ccnc43)C2)cn1. The Balaban J connectivity index is 1.46. The molecule has 3 aromatic rings. The zero-order valence-electron chi connectivity index (χ0n) is 18.5. The number of ether oxygens (including phenoxy) is 1. The molecule has 0 saturated carbocycles. The quantitative estimate of drug-likeness (QED) is 0.519. The van der Waals surface area contributed by atoms with E-state index >= 15 is 0 Å². The number of aromatic nitrogens is 3. The van der Waals surface area contributed by atoms with Crippen molar-refractivity contribution in [3.8, 4) is 0 Å². The Morgan fingerprint density at radius 3 is 2.84 bits per heavy atom. The highest BCUT2D eigenvalue weighted by Gasteiger charge is 2.53. The number of cyclic esters (lactones) is 1. The molecular weight excluding hydrogens is 427 g/mol. The zero-order valence-corrected chi connectivity index (χ0v) is 19.4. The van der Waals surface area contributed by atoms with Crippen LogP contribution in [0.25, 0.3) is 0 Å². The monoisotopic (exact) mass is 454 g/mol. The Morgan fingerprint density at radius 1 is 1.28 bits per heavy atom. The fraction of sp³-hybridized carbons (Fsp3) is 0.458. The normalized spacial score (nSPS) is 23.5. The van der Waals surface area contributed by atoms with Gasteiger partial charge in [0.05, 0.1) is 0 Å². The third kappa shape index (κ3) is 3.55. The second-order valence-electron chi connectivity index (χ2n) is 9.41. The van der Waals surface area contributed by atoms with E-state index < -0.39 is 6.10 Å². The van der Waals surface area contributed by atoms with Crippen molar-refractivity contribution in [1.82, 2.24) is 19.4 Å². The van der Waals surface area contributed by atoms with E-state index in [9.17, 15) is 9.18 Å². The third-order valence-corrected chi connectivity index (χ3v) is 8.10. The smallest absolute Gasteiger partial charge is 0.420 e. The van der Waals surface area contributed by atoms with Crippen molar-refractivity contribution in [2.75, 3.05) is 13.1 Å². The third-order valence-electron chi connectivity index (χ3n) is 7.17. The summed E-state index contributed by atoms with van der Waals surface area (Å²) < 4.78 is 21.0. The number of halogens is 1. The molecule has 0 bridgehead atoms. The summed E-state index contributed by atoms with van der Waals surface area (Å²) in [5, 5.41) is -0.169. The number of aryl methyl sites for hydroxylation is 2. The lowest BCUT2D eigenvalue weighted by Gasteiger charge is -2.39. The molecule has 1 saturated heterocycles. The van der Waals surface area contributed by atoms with Gasteiger partial charge < -0.3 is 4.74 Å². The van der Waals surface area contributed by atoms with Crippen molar-refractivity contribution in [3.05, 3.63) is 69.9 Å². The van der Waals surface area contributed by atoms with Crippen LogP contribution in [0.4, 0.5) is 9.18 Å². The minimum Gasteiger partial charge on any atom is -0.437 e. The molecule has 2 aliphatic heterocycles. The first-order valence-electron chi connectivity index (χ1n) is 11.0. The van der Waals surface area contributed by atoms with Crippen LogP contribution in [0.3, 0.4) is 0 Å². The van der Waals surface area contributed by atoms with Crippen LogP contribution in [0.15, 0.2) is 42.9 Å². The molecule has 3 aromatic heterocycles. The molecule has 0 aromatic carbocycles. The van der Waals surface area contributed by atoms with E-state index in [1.165, 1.54) is 22.0 Å². The summed E-state index contributed by atoms with van der Waals surface area (Å²) in [4.78, 5) is 24.9. The molecule has 32 heavy (non-hydrogen) atoms. The maximum Gasteiger partial charge on any atom is 0.420 e. The van der Waals surface area contributed by atoms with Crippen LogP contribution in [0, 0.1) is 17.5 Å². The number of nitrogens with zero attached hydrogens (tertiary/aromatic N) is 4. The van der Waals surface area contributed by atoms with E-state index in [2.05, 4.69) is 34.8 Å². The van der Waals surface area contributed by atoms with E-state index in [0.29, 0.717) is 5.82 Å². The molecule has 0 aliphatic carbocycles. The molecule has 2 aliphatic rings. The summed E-state index contributed by atoms with van der Waals surface area (Å²) in [6.07, 6.45) is 6.88. The average Bonchev–Trinajstić information content (AvgIpc) is 3.53. The number of hydrogen-bond donors (Lipinski definition) is 0. The Morgan fingerprint density at radius 2 is 2.12 bits per heavy atom. The van der Waals surface area contributed by atoms with Gasteiger partial charge in [-0.2, -0.15) is 4.39 Å². The van der Waals surface area contributed by atoms with Crippen molar-refractivity contribution in [2.24, 2.45) is 5.41 Å². The molecule has 8 heteroatoms. The molecule has 168 valence electrons. The van der Waals surface area contributed by atoms with Crippen LogP contribution in [-0.4, -0.2) is 38.6 Å². The van der Waals surface area contributed by atoms with E-state index in [-0.39, 0.29) is 22.2 Å². The maximum atomic E-state index is 13.6. The van der Waals surface area contributed by atoms with Crippen molar-refractivity contribution in [1.29, 1.82) is 0 Å². The lowest BCUT2D eigenvalue weighted by Crippen LogP contribution is -2.43. The predicted octanol–water partition coefficient (Wildman–Crippen LogP) is 5.09. The standard InChI is InChI=1S/C24H27FN4O2S/c1-16-4-5-17(14-27-16)23(2,3)28-12-10-24(15-28,9-8-18-6-7-19(25)32-18)20-21-26-11-13-29(21)22(30)31-20/h4-7,11,13-14,20H,8-10,12,15H2,1-3H3/t20?,24-/m1/s1. The molecule has 1 unspecified atom stereocenters. The van der Waals surface area contributed by atoms with Crippen LogP contribution in [0.1, 0.15) is 54.8 Å². The summed E-state index contributed by atoms with van der Waals surface area (Å²) in [5.74, 6) is 0.670. The summed E-state index contributed by atoms with van der Waals surface area (Å²) >= 11 is 1.19. The van der Waals surface area contributed by atoms with Gasteiger partial charge in [0.15, 0.2) is 17.1 Å². The molecule has 0 radical (unpaired) electrons. The number of hydrogen-bond acceptors (Lipinski definition) is 6. The molecule has 2 atom stereocenters. The average molecular weight is 455 g/mol. The van der Waals surface area contributed by atoms with Crippen molar-refractivity contribution >= 4 is 17.4 Å². The van der Waals surface area contributed by atoms with Gasteiger partial charge in [-0.15, -0.1) is 11.3 Å². The minimum atomic E-state index is -0.410. The molecule has 5 heterocycles. The van der Waals surface area contributed by atoms with Crippen molar-refractivity contribution in [2.45, 2.75) is 51.7 Å². The van der Waals surface area contributed by atoms with Crippen molar-refractivity contribution < 1.29 is 13.9 Å². The lowest BCUT2D eigenvalue weighted by atomic mass is 9.76. The van der Waals surface area contributed by atoms with Gasteiger partial charge in [-0.25, -0.2) is 14.3 Å². The van der Waals surface area contributed by atoms with Gasteiger partial charge in [-0.1, -0.05) is 6.07 Å². The molecule has 6 nitrogen and oxygen atoms in total. The van der Waals surface area contributed by atoms with Gasteiger partial charge in [0.25, 0.3) is 0 Å². The first-order chi connectivity index (χ1) is 15.3. The Bertz CT molecular complexity index is 1140. The number of likely N-dealkylation sites (tertiary alicyclic amines) is 1. The molecule has 5 rings (SSSR count). The van der Waals surface area contributed by atoms with Crippen LogP contribution >= 0.6 is 11.3 Å². The van der Waals surface area contributed by atoms with Crippen LogP contribution in [-0.2, 0) is 16.7 Å². The topological polar surface area (TPSA) is 60.2 Å². The molecular formula is C24H27FN4O2S. The highest BCUT2D eigenvalue weighted by molar-refractivity contribution is 7.10. The highest BCUT2D eigenvalue weighted by Crippen LogP contribution is 2.51. The van der Waals surface area contributed by atoms with Crippen LogP contribution < -0.4 is 0 Å². The number of imidazole rings is 1. The molecule has 0 N–H and O–H groups in total. The fourth-order valence-corrected chi connectivity index (χ4v) is 5.79. The number of rotatable bonds is 6. The van der Waals surface area contributed by atoms with E-state index in [1.54, 1.807) is 12.4 Å². The van der Waals surface area contributed by atoms with Crippen LogP contribution in [0.5, 0.6) is 0 Å². The van der Waals surface area contributed by atoms with Crippen molar-refractivity contribution in [3.63, 3.8) is 0 Å².